The summed E-state index contributed by atoms with van der Waals surface area (Å²) in [7, 11) is 2.00. The summed E-state index contributed by atoms with van der Waals surface area (Å²) in [4.78, 5) is 12.5. The van der Waals surface area contributed by atoms with Crippen LogP contribution in [0, 0.1) is 0 Å². The first-order valence-corrected chi connectivity index (χ1v) is 8.38. The second-order valence-electron chi connectivity index (χ2n) is 6.28. The number of aryl methyl sites for hydroxylation is 2. The highest BCUT2D eigenvalue weighted by molar-refractivity contribution is 5.81. The number of hydrogen-bond acceptors (Lipinski definition) is 3. The maximum Gasteiger partial charge on any atom is 0.140 e. The van der Waals surface area contributed by atoms with Gasteiger partial charge in [0.05, 0.1) is 5.69 Å². The largest absolute Gasteiger partial charge is 0.314 e. The molecule has 1 aliphatic carbocycles. The van der Waals surface area contributed by atoms with Gasteiger partial charge in [0, 0.05) is 30.6 Å². The third-order valence-corrected chi connectivity index (χ3v) is 4.83. The molecular weight excluding hydrogens is 262 g/mol. The van der Waals surface area contributed by atoms with E-state index in [1.165, 1.54) is 19.3 Å². The minimum atomic E-state index is 0.0417. The highest BCUT2D eigenvalue weighted by atomic mass is 16.1. The first-order valence-electron chi connectivity index (χ1n) is 8.38. The molecule has 1 aromatic rings. The van der Waals surface area contributed by atoms with Crippen molar-refractivity contribution in [2.45, 2.75) is 77.3 Å². The van der Waals surface area contributed by atoms with Crippen molar-refractivity contribution in [2.75, 3.05) is 7.05 Å². The fourth-order valence-corrected chi connectivity index (χ4v) is 3.49. The van der Waals surface area contributed by atoms with Gasteiger partial charge in [0.1, 0.15) is 5.78 Å². The lowest BCUT2D eigenvalue weighted by Gasteiger charge is -2.36. The molecule has 118 valence electrons. The van der Waals surface area contributed by atoms with Crippen molar-refractivity contribution in [1.82, 2.24) is 15.1 Å². The standard InChI is InChI=1S/C17H29N3O/c1-4-14-11-15(20(5-2)19-14)12-16(21)13-17(18-3)9-7-6-8-10-17/h11,18H,4-10,12-13H2,1-3H3. The molecule has 0 bridgehead atoms. The lowest BCUT2D eigenvalue weighted by molar-refractivity contribution is -0.120. The summed E-state index contributed by atoms with van der Waals surface area (Å²) in [5.74, 6) is 0.337. The van der Waals surface area contributed by atoms with Gasteiger partial charge < -0.3 is 5.32 Å². The number of ketones is 1. The predicted octanol–water partition coefficient (Wildman–Crippen LogP) is 2.89. The number of aromatic nitrogens is 2. The Labute approximate surface area is 128 Å². The van der Waals surface area contributed by atoms with E-state index in [2.05, 4.69) is 30.3 Å². The zero-order chi connectivity index (χ0) is 15.3. The van der Waals surface area contributed by atoms with Gasteiger partial charge in [-0.05, 0) is 39.3 Å². The van der Waals surface area contributed by atoms with Crippen LogP contribution in [-0.4, -0.2) is 28.2 Å². The van der Waals surface area contributed by atoms with Crippen molar-refractivity contribution in [3.8, 4) is 0 Å². The lowest BCUT2D eigenvalue weighted by atomic mass is 9.78. The predicted molar refractivity (Wildman–Crippen MR) is 85.5 cm³/mol. The van der Waals surface area contributed by atoms with Crippen molar-refractivity contribution in [2.24, 2.45) is 0 Å². The third kappa shape index (κ3) is 3.94. The molecular formula is C17H29N3O. The van der Waals surface area contributed by atoms with Gasteiger partial charge in [-0.25, -0.2) is 0 Å². The van der Waals surface area contributed by atoms with Crippen molar-refractivity contribution in [1.29, 1.82) is 0 Å². The van der Waals surface area contributed by atoms with Gasteiger partial charge in [-0.3, -0.25) is 9.48 Å². The van der Waals surface area contributed by atoms with Crippen LogP contribution >= 0.6 is 0 Å². The van der Waals surface area contributed by atoms with Gasteiger partial charge >= 0.3 is 0 Å². The zero-order valence-electron chi connectivity index (χ0n) is 13.7. The fraction of sp³-hybridized carbons (Fsp3) is 0.765. The third-order valence-electron chi connectivity index (χ3n) is 4.83. The number of hydrogen-bond donors (Lipinski definition) is 1. The van der Waals surface area contributed by atoms with Crippen LogP contribution in [-0.2, 0) is 24.2 Å². The second kappa shape index (κ2) is 7.21. The van der Waals surface area contributed by atoms with E-state index in [1.807, 2.05) is 11.7 Å². The van der Waals surface area contributed by atoms with E-state index in [9.17, 15) is 4.79 Å². The van der Waals surface area contributed by atoms with Crippen LogP contribution in [0.15, 0.2) is 6.07 Å². The minimum absolute atomic E-state index is 0.0417. The number of rotatable bonds is 7. The van der Waals surface area contributed by atoms with Crippen LogP contribution in [0.2, 0.25) is 0 Å². The average Bonchev–Trinajstić information content (AvgIpc) is 2.90. The minimum Gasteiger partial charge on any atom is -0.314 e. The Kier molecular flexibility index (Phi) is 5.57. The summed E-state index contributed by atoms with van der Waals surface area (Å²) < 4.78 is 1.98. The van der Waals surface area contributed by atoms with Gasteiger partial charge in [-0.15, -0.1) is 0 Å². The van der Waals surface area contributed by atoms with Crippen LogP contribution in [0.1, 0.15) is 63.8 Å². The van der Waals surface area contributed by atoms with Crippen LogP contribution < -0.4 is 5.32 Å². The van der Waals surface area contributed by atoms with Crippen LogP contribution in [0.5, 0.6) is 0 Å². The van der Waals surface area contributed by atoms with Gasteiger partial charge in [0.2, 0.25) is 0 Å². The fourth-order valence-electron chi connectivity index (χ4n) is 3.49. The quantitative estimate of drug-likeness (QED) is 0.840. The van der Waals surface area contributed by atoms with E-state index >= 15 is 0 Å². The van der Waals surface area contributed by atoms with Crippen LogP contribution in [0.4, 0.5) is 0 Å². The highest BCUT2D eigenvalue weighted by Gasteiger charge is 2.32. The van der Waals surface area contributed by atoms with E-state index in [0.717, 1.165) is 37.2 Å². The molecule has 4 nitrogen and oxygen atoms in total. The van der Waals surface area contributed by atoms with Gasteiger partial charge in [-0.2, -0.15) is 5.10 Å². The molecule has 1 aromatic heterocycles. The number of Topliss-reactive ketones (excluding diaryl/α,β-unsaturated/α-hetero) is 1. The molecule has 0 atom stereocenters. The van der Waals surface area contributed by atoms with E-state index in [4.69, 9.17) is 0 Å². The molecule has 4 heteroatoms. The molecule has 1 fully saturated rings. The van der Waals surface area contributed by atoms with Crippen LogP contribution in [0.25, 0.3) is 0 Å². The van der Waals surface area contributed by atoms with Crippen molar-refractivity contribution in [3.63, 3.8) is 0 Å². The summed E-state index contributed by atoms with van der Waals surface area (Å²) >= 11 is 0. The Balaban J connectivity index is 2.02. The van der Waals surface area contributed by atoms with Gasteiger partial charge in [-0.1, -0.05) is 26.2 Å². The summed E-state index contributed by atoms with van der Waals surface area (Å²) in [6, 6.07) is 2.09. The molecule has 0 aromatic carbocycles. The van der Waals surface area contributed by atoms with Crippen molar-refractivity contribution < 1.29 is 4.79 Å². The molecule has 2 rings (SSSR count). The second-order valence-corrected chi connectivity index (χ2v) is 6.28. The van der Waals surface area contributed by atoms with Gasteiger partial charge in [0.25, 0.3) is 0 Å². The molecule has 1 heterocycles. The summed E-state index contributed by atoms with van der Waals surface area (Å²) in [5, 5.41) is 7.97. The smallest absolute Gasteiger partial charge is 0.140 e. The number of carbonyl (C=O) groups excluding carboxylic acids is 1. The zero-order valence-corrected chi connectivity index (χ0v) is 13.7. The lowest BCUT2D eigenvalue weighted by Crippen LogP contribution is -2.46. The monoisotopic (exact) mass is 291 g/mol. The van der Waals surface area contributed by atoms with E-state index in [1.54, 1.807) is 0 Å². The topological polar surface area (TPSA) is 46.9 Å². The Hall–Kier alpha value is -1.16. The SMILES string of the molecule is CCc1cc(CC(=O)CC2(NC)CCCCC2)n(CC)n1. The Bertz CT molecular complexity index is 472. The Morgan fingerprint density at radius 2 is 2.05 bits per heavy atom. The Morgan fingerprint density at radius 1 is 1.33 bits per heavy atom. The molecule has 21 heavy (non-hydrogen) atoms. The normalized spacial score (nSPS) is 17.9. The molecule has 0 amide bonds. The molecule has 1 saturated carbocycles. The van der Waals surface area contributed by atoms with Crippen molar-refractivity contribution in [3.05, 3.63) is 17.5 Å². The molecule has 1 N–H and O–H groups in total. The van der Waals surface area contributed by atoms with Crippen LogP contribution in [0.3, 0.4) is 0 Å². The van der Waals surface area contributed by atoms with E-state index in [-0.39, 0.29) is 5.54 Å². The summed E-state index contributed by atoms with van der Waals surface area (Å²) in [6.45, 7) is 5.02. The molecule has 0 unspecified atom stereocenters. The highest BCUT2D eigenvalue weighted by Crippen LogP contribution is 2.31. The van der Waals surface area contributed by atoms with E-state index < -0.39 is 0 Å². The van der Waals surface area contributed by atoms with E-state index in [0.29, 0.717) is 18.6 Å². The van der Waals surface area contributed by atoms with Crippen molar-refractivity contribution >= 4 is 5.78 Å². The molecule has 0 spiro atoms. The maximum absolute atomic E-state index is 12.5. The number of nitrogens with one attached hydrogen (secondary N) is 1. The first kappa shape index (κ1) is 16.2. The maximum atomic E-state index is 12.5. The summed E-state index contributed by atoms with van der Waals surface area (Å²) in [5.41, 5.74) is 2.20. The average molecular weight is 291 g/mol. The molecule has 0 saturated heterocycles. The molecule has 0 radical (unpaired) electrons. The summed E-state index contributed by atoms with van der Waals surface area (Å²) in [6.07, 6.45) is 8.13. The molecule has 0 aliphatic heterocycles. The Morgan fingerprint density at radius 3 is 2.62 bits per heavy atom. The van der Waals surface area contributed by atoms with Gasteiger partial charge in [0.15, 0.2) is 0 Å². The number of carbonyl (C=O) groups is 1. The first-order chi connectivity index (χ1) is 10.1. The number of nitrogens with zero attached hydrogens (tertiary/aromatic N) is 2. The molecule has 1 aliphatic rings.